The molecule has 3 heteroatoms. The Morgan fingerprint density at radius 3 is 2.83 bits per heavy atom. The standard InChI is InChI=1S/C15H9NO2/c1-2-5-11-10(4-1)13-8-16-18-9-14(13)12-6-3-7-17-15(11)12/h1-9H. The van der Waals surface area contributed by atoms with E-state index in [1.54, 1.807) is 18.7 Å². The Morgan fingerprint density at radius 2 is 1.89 bits per heavy atom. The maximum atomic E-state index is 5.67. The van der Waals surface area contributed by atoms with Crippen molar-refractivity contribution >= 4 is 29.3 Å². The van der Waals surface area contributed by atoms with Crippen LogP contribution in [0.15, 0.2) is 41.8 Å². The highest BCUT2D eigenvalue weighted by molar-refractivity contribution is 6.03. The van der Waals surface area contributed by atoms with Crippen molar-refractivity contribution in [3.05, 3.63) is 52.6 Å². The molecule has 2 aromatic carbocycles. The minimum Gasteiger partial charge on any atom is -0.464 e. The largest absolute Gasteiger partial charge is 0.464 e. The minimum absolute atomic E-state index is 0.877. The first-order chi connectivity index (χ1) is 8.95. The van der Waals surface area contributed by atoms with Crippen LogP contribution in [0.3, 0.4) is 0 Å². The van der Waals surface area contributed by atoms with Crippen LogP contribution in [0.1, 0.15) is 5.56 Å². The van der Waals surface area contributed by atoms with E-state index in [1.165, 1.54) is 0 Å². The van der Waals surface area contributed by atoms with E-state index in [2.05, 4.69) is 17.3 Å². The third-order valence-electron chi connectivity index (χ3n) is 3.23. The van der Waals surface area contributed by atoms with E-state index in [4.69, 9.17) is 9.57 Å². The fourth-order valence-electron chi connectivity index (χ4n) is 2.44. The molecule has 2 aliphatic heterocycles. The number of ether oxygens (including phenoxy) is 1. The zero-order chi connectivity index (χ0) is 11.9. The Bertz CT molecular complexity index is 832. The highest BCUT2D eigenvalue weighted by Crippen LogP contribution is 2.24. The second-order valence-corrected chi connectivity index (χ2v) is 4.19. The Labute approximate surface area is 103 Å². The smallest absolute Gasteiger partial charge is 0.142 e. The second kappa shape index (κ2) is 3.47. The van der Waals surface area contributed by atoms with Crippen molar-refractivity contribution in [1.29, 1.82) is 0 Å². The van der Waals surface area contributed by atoms with Gasteiger partial charge in [-0.1, -0.05) is 29.4 Å². The summed E-state index contributed by atoms with van der Waals surface area (Å²) < 4.78 is 5.67. The fraction of sp³-hybridized carbons (Fsp3) is 0. The van der Waals surface area contributed by atoms with Crippen molar-refractivity contribution in [1.82, 2.24) is 0 Å². The van der Waals surface area contributed by atoms with Gasteiger partial charge >= 0.3 is 0 Å². The van der Waals surface area contributed by atoms with Gasteiger partial charge in [0.15, 0.2) is 0 Å². The number of fused-ring (bicyclic) bond motifs is 6. The van der Waals surface area contributed by atoms with Gasteiger partial charge in [-0.15, -0.1) is 0 Å². The summed E-state index contributed by atoms with van der Waals surface area (Å²) in [6, 6.07) is 8.16. The summed E-state index contributed by atoms with van der Waals surface area (Å²) in [7, 11) is 0. The molecule has 0 aromatic heterocycles. The Morgan fingerprint density at radius 1 is 1.00 bits per heavy atom. The lowest BCUT2D eigenvalue weighted by Crippen LogP contribution is -2.32. The number of allylic oxidation sites excluding steroid dienone is 1. The molecule has 0 N–H and O–H groups in total. The van der Waals surface area contributed by atoms with Crippen LogP contribution >= 0.6 is 0 Å². The second-order valence-electron chi connectivity index (χ2n) is 4.19. The van der Waals surface area contributed by atoms with Gasteiger partial charge in [-0.2, -0.15) is 0 Å². The molecule has 18 heavy (non-hydrogen) atoms. The zero-order valence-corrected chi connectivity index (χ0v) is 9.46. The van der Waals surface area contributed by atoms with Gasteiger partial charge in [0, 0.05) is 21.4 Å². The summed E-state index contributed by atoms with van der Waals surface area (Å²) >= 11 is 0. The molecular weight excluding hydrogens is 226 g/mol. The lowest BCUT2D eigenvalue weighted by Gasteiger charge is -2.14. The van der Waals surface area contributed by atoms with Gasteiger partial charge < -0.3 is 9.57 Å². The van der Waals surface area contributed by atoms with Crippen LogP contribution in [0.4, 0.5) is 0 Å². The van der Waals surface area contributed by atoms with Crippen LogP contribution in [0.5, 0.6) is 5.75 Å². The maximum Gasteiger partial charge on any atom is 0.142 e. The first-order valence-corrected chi connectivity index (χ1v) is 5.73. The molecule has 3 nitrogen and oxygen atoms in total. The van der Waals surface area contributed by atoms with Gasteiger partial charge in [0.25, 0.3) is 0 Å². The van der Waals surface area contributed by atoms with Crippen LogP contribution in [0, 0.1) is 0 Å². The maximum absolute atomic E-state index is 5.67. The predicted molar refractivity (Wildman–Crippen MR) is 70.6 cm³/mol. The molecule has 0 unspecified atom stereocenters. The van der Waals surface area contributed by atoms with Crippen LogP contribution in [-0.2, 0) is 4.84 Å². The number of nitrogens with zero attached hydrogens (tertiary/aromatic N) is 1. The van der Waals surface area contributed by atoms with Gasteiger partial charge in [-0.05, 0) is 17.5 Å². The van der Waals surface area contributed by atoms with Gasteiger partial charge in [0.2, 0.25) is 0 Å². The van der Waals surface area contributed by atoms with E-state index >= 15 is 0 Å². The van der Waals surface area contributed by atoms with Crippen LogP contribution < -0.4 is 15.2 Å². The molecule has 0 atom stereocenters. The van der Waals surface area contributed by atoms with E-state index in [0.29, 0.717) is 0 Å². The lowest BCUT2D eigenvalue weighted by atomic mass is 9.99. The molecular formula is C15H9NO2. The Hall–Kier alpha value is -2.55. The van der Waals surface area contributed by atoms with E-state index in [1.807, 2.05) is 24.3 Å². The number of rotatable bonds is 0. The number of hydrogen-bond acceptors (Lipinski definition) is 3. The van der Waals surface area contributed by atoms with Crippen molar-refractivity contribution in [3.8, 4) is 5.75 Å². The molecule has 0 saturated heterocycles. The normalized spacial score (nSPS) is 14.9. The van der Waals surface area contributed by atoms with Gasteiger partial charge in [-0.25, -0.2) is 0 Å². The average Bonchev–Trinajstić information content (AvgIpc) is 2.48. The van der Waals surface area contributed by atoms with Crippen LogP contribution in [0.25, 0.3) is 23.1 Å². The lowest BCUT2D eigenvalue weighted by molar-refractivity contribution is 0.316. The van der Waals surface area contributed by atoms with Crippen molar-refractivity contribution in [2.45, 2.75) is 0 Å². The topological polar surface area (TPSA) is 30.8 Å². The molecule has 0 bridgehead atoms. The van der Waals surface area contributed by atoms with E-state index in [0.717, 1.165) is 32.5 Å². The molecule has 0 saturated carbocycles. The number of oxime groups is 1. The quantitative estimate of drug-likeness (QED) is 0.695. The third kappa shape index (κ3) is 1.16. The highest BCUT2D eigenvalue weighted by Gasteiger charge is 2.13. The summed E-state index contributed by atoms with van der Waals surface area (Å²) in [5.41, 5.74) is 1.07. The molecule has 0 aliphatic carbocycles. The average molecular weight is 235 g/mol. The minimum atomic E-state index is 0.877. The Kier molecular flexibility index (Phi) is 1.83. The summed E-state index contributed by atoms with van der Waals surface area (Å²) in [5, 5.41) is 8.13. The molecule has 2 aliphatic rings. The molecule has 2 heterocycles. The van der Waals surface area contributed by atoms with E-state index in [-0.39, 0.29) is 0 Å². The molecule has 2 aromatic rings. The number of benzene rings is 2. The fourth-order valence-corrected chi connectivity index (χ4v) is 2.44. The van der Waals surface area contributed by atoms with Crippen molar-refractivity contribution in [2.24, 2.45) is 5.16 Å². The molecule has 4 rings (SSSR count). The Balaban J connectivity index is 2.35. The molecule has 0 spiro atoms. The third-order valence-corrected chi connectivity index (χ3v) is 3.23. The van der Waals surface area contributed by atoms with Gasteiger partial charge in [0.1, 0.15) is 12.0 Å². The first-order valence-electron chi connectivity index (χ1n) is 5.73. The van der Waals surface area contributed by atoms with Gasteiger partial charge in [0.05, 0.1) is 12.5 Å². The highest BCUT2D eigenvalue weighted by atomic mass is 16.6. The summed E-state index contributed by atoms with van der Waals surface area (Å²) in [4.78, 5) is 5.06. The molecule has 0 radical (unpaired) electrons. The van der Waals surface area contributed by atoms with Gasteiger partial charge in [-0.3, -0.25) is 0 Å². The molecule has 86 valence electrons. The van der Waals surface area contributed by atoms with Crippen molar-refractivity contribution < 1.29 is 9.57 Å². The molecule has 0 fully saturated rings. The first kappa shape index (κ1) is 9.48. The SMILES string of the molecule is C1=COc2c(c3c(c4ccccc24)C=NOC=3)=C1. The van der Waals surface area contributed by atoms with E-state index in [9.17, 15) is 0 Å². The van der Waals surface area contributed by atoms with Crippen LogP contribution in [0.2, 0.25) is 0 Å². The monoisotopic (exact) mass is 235 g/mol. The zero-order valence-electron chi connectivity index (χ0n) is 9.46. The summed E-state index contributed by atoms with van der Waals surface area (Å²) in [6.07, 6.45) is 9.03. The van der Waals surface area contributed by atoms with Crippen molar-refractivity contribution in [3.63, 3.8) is 0 Å². The predicted octanol–water partition coefficient (Wildman–Crippen LogP) is 1.63. The van der Waals surface area contributed by atoms with Crippen molar-refractivity contribution in [2.75, 3.05) is 0 Å². The number of hydrogen-bond donors (Lipinski definition) is 0. The van der Waals surface area contributed by atoms with E-state index < -0.39 is 0 Å². The van der Waals surface area contributed by atoms with Crippen LogP contribution in [-0.4, -0.2) is 6.21 Å². The summed E-state index contributed by atoms with van der Waals surface area (Å²) in [6.45, 7) is 0. The molecule has 0 amide bonds. The summed E-state index contributed by atoms with van der Waals surface area (Å²) in [5.74, 6) is 0.877.